The molecule has 0 amide bonds. The molecule has 23 heavy (non-hydrogen) atoms. The zero-order chi connectivity index (χ0) is 16.3. The molecule has 0 bridgehead atoms. The zero-order valence-electron chi connectivity index (χ0n) is 12.8. The molecule has 0 saturated heterocycles. The molecule has 0 aromatic rings. The van der Waals surface area contributed by atoms with Gasteiger partial charge in [-0.05, 0) is 36.5 Å². The average molecular weight is 304 g/mol. The summed E-state index contributed by atoms with van der Waals surface area (Å²) in [6.07, 6.45) is 34.3. The zero-order valence-corrected chi connectivity index (χ0v) is 12.8. The predicted octanol–water partition coefficient (Wildman–Crippen LogP) is 4.04. The lowest BCUT2D eigenvalue weighted by Gasteiger charge is -1.84. The highest BCUT2D eigenvalue weighted by molar-refractivity contribution is 5.74. The number of allylic oxidation sites excluding steroid dienone is 11. The van der Waals surface area contributed by atoms with Gasteiger partial charge in [0.15, 0.2) is 0 Å². The Bertz CT molecular complexity index is 568. The van der Waals surface area contributed by atoms with Gasteiger partial charge in [-0.3, -0.25) is 15.0 Å². The van der Waals surface area contributed by atoms with Gasteiger partial charge in [-0.1, -0.05) is 30.4 Å². The lowest BCUT2D eigenvalue weighted by Crippen LogP contribution is -1.90. The molecule has 4 heteroatoms. The van der Waals surface area contributed by atoms with Crippen molar-refractivity contribution in [3.63, 3.8) is 0 Å². The van der Waals surface area contributed by atoms with Gasteiger partial charge < -0.3 is 5.32 Å². The smallest absolute Gasteiger partial charge is 0.0283 e. The van der Waals surface area contributed by atoms with Crippen molar-refractivity contribution in [3.8, 4) is 0 Å². The maximum atomic E-state index is 4.09. The Balaban J connectivity index is 2.63. The Kier molecular flexibility index (Phi) is 11.7. The van der Waals surface area contributed by atoms with E-state index in [2.05, 4.69) is 20.3 Å². The number of hydrogen-bond acceptors (Lipinski definition) is 4. The average Bonchev–Trinajstić information content (AvgIpc) is 2.56. The lowest BCUT2D eigenvalue weighted by molar-refractivity contribution is 1.20. The first-order valence-electron chi connectivity index (χ1n) is 7.13. The van der Waals surface area contributed by atoms with E-state index in [9.17, 15) is 0 Å². The third-order valence-electron chi connectivity index (χ3n) is 2.20. The van der Waals surface area contributed by atoms with Gasteiger partial charge in [0, 0.05) is 49.6 Å². The Hall–Kier alpha value is -3.27. The first kappa shape index (κ1) is 17.8. The van der Waals surface area contributed by atoms with E-state index in [0.717, 1.165) is 0 Å². The summed E-state index contributed by atoms with van der Waals surface area (Å²) in [4.78, 5) is 12.2. The number of rotatable bonds is 0. The summed E-state index contributed by atoms with van der Waals surface area (Å²) in [6, 6.07) is 0. The Morgan fingerprint density at radius 1 is 0.391 bits per heavy atom. The SMILES string of the molecule is C1=CC=CN=CC=CNC=CC=CC=CN=CC=CN=CC=C1. The maximum Gasteiger partial charge on any atom is 0.0283 e. The van der Waals surface area contributed by atoms with Crippen LogP contribution in [0, 0.1) is 0 Å². The largest absolute Gasteiger partial charge is 0.368 e. The molecule has 1 heterocycles. The standard InChI is InChI=1S/C19H20N4/c1-2-6-12-20-16-10-18-22-14-8-4-5-9-15-23-19-11-17-21-13-7-3-1/h1-19,22H. The summed E-state index contributed by atoms with van der Waals surface area (Å²) in [5, 5.41) is 3.00. The van der Waals surface area contributed by atoms with Crippen molar-refractivity contribution < 1.29 is 0 Å². The second-order valence-electron chi connectivity index (χ2n) is 3.96. The molecule has 0 aromatic heterocycles. The van der Waals surface area contributed by atoms with Crippen LogP contribution in [0.3, 0.4) is 0 Å². The summed E-state index contributed by atoms with van der Waals surface area (Å²) in [5.41, 5.74) is 0. The summed E-state index contributed by atoms with van der Waals surface area (Å²) in [7, 11) is 0. The predicted molar refractivity (Wildman–Crippen MR) is 102 cm³/mol. The van der Waals surface area contributed by atoms with Crippen molar-refractivity contribution in [2.75, 3.05) is 0 Å². The lowest BCUT2D eigenvalue weighted by atomic mass is 10.4. The number of aliphatic imine (C=N–C) groups is 3. The van der Waals surface area contributed by atoms with Crippen LogP contribution >= 0.6 is 0 Å². The van der Waals surface area contributed by atoms with E-state index in [-0.39, 0.29) is 0 Å². The fourth-order valence-electron chi connectivity index (χ4n) is 1.22. The van der Waals surface area contributed by atoms with E-state index in [1.165, 1.54) is 0 Å². The molecule has 0 aliphatic carbocycles. The van der Waals surface area contributed by atoms with Gasteiger partial charge >= 0.3 is 0 Å². The van der Waals surface area contributed by atoms with Crippen molar-refractivity contribution in [1.82, 2.24) is 5.32 Å². The summed E-state index contributed by atoms with van der Waals surface area (Å²) in [5.74, 6) is 0. The van der Waals surface area contributed by atoms with Crippen LogP contribution in [0.5, 0.6) is 0 Å². The van der Waals surface area contributed by atoms with E-state index < -0.39 is 0 Å². The second kappa shape index (κ2) is 15.1. The molecule has 0 atom stereocenters. The summed E-state index contributed by atoms with van der Waals surface area (Å²) < 4.78 is 0. The molecule has 0 spiro atoms. The Morgan fingerprint density at radius 3 is 1.65 bits per heavy atom. The molecule has 1 aliphatic heterocycles. The highest BCUT2D eigenvalue weighted by atomic mass is 14.8. The van der Waals surface area contributed by atoms with Crippen molar-refractivity contribution in [3.05, 3.63) is 97.8 Å². The Labute approximate surface area is 137 Å². The van der Waals surface area contributed by atoms with Crippen molar-refractivity contribution in [1.29, 1.82) is 0 Å². The number of nitrogens with one attached hydrogen (secondary N) is 1. The van der Waals surface area contributed by atoms with Gasteiger partial charge in [0.1, 0.15) is 0 Å². The third kappa shape index (κ3) is 13.5. The molecule has 1 rings (SSSR count). The molecule has 0 fully saturated rings. The highest BCUT2D eigenvalue weighted by Gasteiger charge is 1.68. The number of hydrogen-bond donors (Lipinski definition) is 1. The second-order valence-corrected chi connectivity index (χ2v) is 3.96. The minimum absolute atomic E-state index is 1.67. The first-order chi connectivity index (χ1) is 11.5. The van der Waals surface area contributed by atoms with Crippen molar-refractivity contribution >= 4 is 18.6 Å². The van der Waals surface area contributed by atoms with Crippen molar-refractivity contribution in [2.45, 2.75) is 0 Å². The van der Waals surface area contributed by atoms with Crippen LogP contribution in [0.4, 0.5) is 0 Å². The highest BCUT2D eigenvalue weighted by Crippen LogP contribution is 1.83. The quantitative estimate of drug-likeness (QED) is 0.721. The van der Waals surface area contributed by atoms with Gasteiger partial charge in [-0.2, -0.15) is 0 Å². The fraction of sp³-hybridized carbons (Fsp3) is 0. The third-order valence-corrected chi connectivity index (χ3v) is 2.20. The number of nitrogens with zero attached hydrogens (tertiary/aromatic N) is 3. The monoisotopic (exact) mass is 304 g/mol. The molecule has 0 aromatic carbocycles. The van der Waals surface area contributed by atoms with Crippen LogP contribution in [0.15, 0.2) is 113 Å². The molecule has 0 unspecified atom stereocenters. The van der Waals surface area contributed by atoms with E-state index >= 15 is 0 Å². The fourth-order valence-corrected chi connectivity index (χ4v) is 1.22. The van der Waals surface area contributed by atoms with Crippen LogP contribution < -0.4 is 5.32 Å². The topological polar surface area (TPSA) is 49.1 Å². The normalized spacial score (nSPS) is 16.0. The van der Waals surface area contributed by atoms with Crippen LogP contribution in [0.1, 0.15) is 0 Å². The van der Waals surface area contributed by atoms with Gasteiger partial charge in [-0.15, -0.1) is 0 Å². The van der Waals surface area contributed by atoms with Crippen LogP contribution in [-0.2, 0) is 0 Å². The summed E-state index contributed by atoms with van der Waals surface area (Å²) >= 11 is 0. The van der Waals surface area contributed by atoms with Gasteiger partial charge in [-0.25, -0.2) is 0 Å². The van der Waals surface area contributed by atoms with Gasteiger partial charge in [0.25, 0.3) is 0 Å². The van der Waals surface area contributed by atoms with E-state index in [1.807, 2.05) is 67.0 Å². The van der Waals surface area contributed by atoms with Crippen LogP contribution in [-0.4, -0.2) is 18.6 Å². The minimum atomic E-state index is 1.67. The van der Waals surface area contributed by atoms with Gasteiger partial charge in [0.05, 0.1) is 0 Å². The van der Waals surface area contributed by atoms with Crippen LogP contribution in [0.2, 0.25) is 0 Å². The van der Waals surface area contributed by atoms with E-state index in [1.54, 1.807) is 49.5 Å². The maximum absolute atomic E-state index is 4.09. The Morgan fingerprint density at radius 2 is 0.870 bits per heavy atom. The minimum Gasteiger partial charge on any atom is -0.368 e. The molecule has 0 radical (unpaired) electrons. The molecule has 0 saturated carbocycles. The molecular formula is C19H20N4. The van der Waals surface area contributed by atoms with Crippen molar-refractivity contribution in [2.24, 2.45) is 15.0 Å². The first-order valence-corrected chi connectivity index (χ1v) is 7.13. The summed E-state index contributed by atoms with van der Waals surface area (Å²) in [6.45, 7) is 0. The van der Waals surface area contributed by atoms with Crippen LogP contribution in [0.25, 0.3) is 0 Å². The van der Waals surface area contributed by atoms with E-state index in [0.29, 0.717) is 0 Å². The molecular weight excluding hydrogens is 284 g/mol. The van der Waals surface area contributed by atoms with E-state index in [4.69, 9.17) is 0 Å². The van der Waals surface area contributed by atoms with Gasteiger partial charge in [0.2, 0.25) is 0 Å². The molecule has 4 nitrogen and oxygen atoms in total. The molecule has 1 N–H and O–H groups in total. The molecule has 116 valence electrons. The molecule has 1 aliphatic rings.